The fourth-order valence-corrected chi connectivity index (χ4v) is 1.94. The van der Waals surface area contributed by atoms with E-state index in [-0.39, 0.29) is 5.75 Å². The Labute approximate surface area is 86.0 Å². The van der Waals surface area contributed by atoms with Crippen molar-refractivity contribution in [1.29, 1.82) is 0 Å². The van der Waals surface area contributed by atoms with Crippen LogP contribution < -0.4 is 5.32 Å². The summed E-state index contributed by atoms with van der Waals surface area (Å²) in [7, 11) is 0. The molecule has 1 aromatic rings. The number of carbonyl (C=O) groups excluding carboxylic acids is 1. The molecule has 1 amide bonds. The number of aromatic hydroxyl groups is 1. The lowest BCUT2D eigenvalue weighted by Crippen LogP contribution is -1.94. The summed E-state index contributed by atoms with van der Waals surface area (Å²) in [5.74, 6) is -0.0125. The molecule has 3 nitrogen and oxygen atoms in total. The number of phenols is 1. The third kappa shape index (κ3) is 1.98. The van der Waals surface area contributed by atoms with Crippen LogP contribution in [-0.2, 0) is 4.79 Å². The zero-order chi connectivity index (χ0) is 9.14. The summed E-state index contributed by atoms with van der Waals surface area (Å²) in [5, 5.41) is 11.6. The molecule has 0 aliphatic heterocycles. The Balaban J connectivity index is 3.17. The molecule has 63 valence electrons. The average molecular weight is 294 g/mol. The van der Waals surface area contributed by atoms with Crippen LogP contribution in [0.25, 0.3) is 0 Å². The van der Waals surface area contributed by atoms with Gasteiger partial charge in [0.15, 0.2) is 5.75 Å². The highest BCUT2D eigenvalue weighted by molar-refractivity contribution is 9.11. The second kappa shape index (κ2) is 3.91. The maximum absolute atomic E-state index is 9.97. The maximum Gasteiger partial charge on any atom is 0.314 e. The molecule has 0 aliphatic carbocycles. The predicted molar refractivity (Wildman–Crippen MR) is 52.8 cm³/mol. The molecular weight excluding hydrogens is 290 g/mol. The molecule has 1 rings (SSSR count). The largest absolute Gasteiger partial charge is 0.505 e. The van der Waals surface area contributed by atoms with Crippen molar-refractivity contribution in [3.63, 3.8) is 0 Å². The normalized spacial score (nSPS) is 9.50. The van der Waals surface area contributed by atoms with E-state index >= 15 is 0 Å². The van der Waals surface area contributed by atoms with Gasteiger partial charge < -0.3 is 10.4 Å². The maximum atomic E-state index is 9.97. The summed E-state index contributed by atoms with van der Waals surface area (Å²) in [5.41, 5.74) is 0.311. The van der Waals surface area contributed by atoms with E-state index in [0.717, 1.165) is 4.47 Å². The van der Waals surface area contributed by atoms with Crippen molar-refractivity contribution in [2.45, 2.75) is 0 Å². The number of phenolic OH excluding ortho intramolecular Hbond substituents is 1. The molecule has 5 heteroatoms. The Morgan fingerprint density at radius 1 is 1.42 bits per heavy atom. The first-order valence-corrected chi connectivity index (χ1v) is 4.55. The van der Waals surface area contributed by atoms with Gasteiger partial charge in [-0.1, -0.05) is 15.9 Å². The van der Waals surface area contributed by atoms with Crippen LogP contribution in [0.5, 0.6) is 5.75 Å². The van der Waals surface area contributed by atoms with Gasteiger partial charge in [-0.2, -0.15) is 0 Å². The Morgan fingerprint density at radius 3 is 2.67 bits per heavy atom. The minimum Gasteiger partial charge on any atom is -0.505 e. The zero-order valence-corrected chi connectivity index (χ0v) is 8.94. The number of rotatable bonds is 2. The smallest absolute Gasteiger partial charge is 0.314 e. The lowest BCUT2D eigenvalue weighted by molar-refractivity contribution is 0.474. The van der Waals surface area contributed by atoms with Gasteiger partial charge in [0.25, 0.3) is 0 Å². The first-order valence-electron chi connectivity index (χ1n) is 2.96. The number of amides is 1. The molecule has 0 saturated carbocycles. The first-order chi connectivity index (χ1) is 5.65. The minimum atomic E-state index is -0.0125. The number of hydrogen-bond donors (Lipinski definition) is 2. The molecule has 0 spiro atoms. The van der Waals surface area contributed by atoms with Crippen molar-refractivity contribution >= 4 is 44.0 Å². The van der Waals surface area contributed by atoms with Gasteiger partial charge >= 0.3 is 6.41 Å². The lowest BCUT2D eigenvalue weighted by atomic mass is 10.3. The summed E-state index contributed by atoms with van der Waals surface area (Å²) in [4.78, 5) is 9.97. The fraction of sp³-hybridized carbons (Fsp3) is 0. The number of benzene rings is 1. The molecule has 0 atom stereocenters. The number of halogens is 2. The third-order valence-electron chi connectivity index (χ3n) is 1.21. The van der Waals surface area contributed by atoms with E-state index < -0.39 is 0 Å². The summed E-state index contributed by atoms with van der Waals surface area (Å²) < 4.78 is 1.26. The fourth-order valence-electron chi connectivity index (χ4n) is 0.716. The van der Waals surface area contributed by atoms with E-state index in [9.17, 15) is 9.90 Å². The minimum absolute atomic E-state index is 0.0125. The molecule has 0 heterocycles. The van der Waals surface area contributed by atoms with E-state index in [4.69, 9.17) is 0 Å². The van der Waals surface area contributed by atoms with Crippen LogP contribution in [0.1, 0.15) is 0 Å². The molecule has 0 aliphatic rings. The van der Waals surface area contributed by atoms with Gasteiger partial charge in [0.05, 0.1) is 10.2 Å². The number of anilines is 1. The van der Waals surface area contributed by atoms with Crippen LogP contribution >= 0.6 is 31.9 Å². The molecule has 0 fully saturated rings. The zero-order valence-electron chi connectivity index (χ0n) is 5.77. The monoisotopic (exact) mass is 292 g/mol. The lowest BCUT2D eigenvalue weighted by Gasteiger charge is -2.04. The van der Waals surface area contributed by atoms with Crippen LogP contribution in [0.15, 0.2) is 21.1 Å². The second-order valence-electron chi connectivity index (χ2n) is 2.01. The highest BCUT2D eigenvalue weighted by Crippen LogP contribution is 2.34. The molecule has 0 aromatic heterocycles. The van der Waals surface area contributed by atoms with Crippen LogP contribution in [-0.4, -0.2) is 11.5 Å². The van der Waals surface area contributed by atoms with Crippen molar-refractivity contribution in [1.82, 2.24) is 0 Å². The van der Waals surface area contributed by atoms with E-state index in [1.54, 1.807) is 12.1 Å². The van der Waals surface area contributed by atoms with Crippen molar-refractivity contribution in [2.24, 2.45) is 0 Å². The van der Waals surface area contributed by atoms with Gasteiger partial charge in [0, 0.05) is 4.47 Å². The van der Waals surface area contributed by atoms with Crippen LogP contribution in [0.2, 0.25) is 0 Å². The van der Waals surface area contributed by atoms with E-state index in [1.165, 1.54) is 6.41 Å². The standard InChI is InChI=1S/C7H4Br2NO2/c8-4-1-5(9)7(12)6(2-4)10-3-11/h1-2,12H,(H,10,11). The van der Waals surface area contributed by atoms with Gasteiger partial charge in [-0.25, -0.2) is 0 Å². The number of hydrogen-bond acceptors (Lipinski definition) is 2. The average Bonchev–Trinajstić information content (AvgIpc) is 2.00. The third-order valence-corrected chi connectivity index (χ3v) is 2.28. The topological polar surface area (TPSA) is 49.3 Å². The van der Waals surface area contributed by atoms with Gasteiger partial charge in [0.1, 0.15) is 0 Å². The predicted octanol–water partition coefficient (Wildman–Crippen LogP) is 2.40. The van der Waals surface area contributed by atoms with Gasteiger partial charge in [-0.15, -0.1) is 0 Å². The molecule has 1 aromatic carbocycles. The SMILES string of the molecule is O=[C]Nc1cc(Br)cc(Br)c1O. The molecule has 0 bridgehead atoms. The summed E-state index contributed by atoms with van der Waals surface area (Å²) in [6.07, 6.45) is 1.48. The summed E-state index contributed by atoms with van der Waals surface area (Å²) >= 11 is 6.32. The highest BCUT2D eigenvalue weighted by atomic mass is 79.9. The molecule has 0 saturated heterocycles. The van der Waals surface area contributed by atoms with Crippen LogP contribution in [0, 0.1) is 0 Å². The Hall–Kier alpha value is -0.550. The van der Waals surface area contributed by atoms with Crippen LogP contribution in [0.4, 0.5) is 5.69 Å². The Bertz CT molecular complexity index is 315. The van der Waals surface area contributed by atoms with Crippen molar-refractivity contribution < 1.29 is 9.90 Å². The molecule has 2 N–H and O–H groups in total. The van der Waals surface area contributed by atoms with Crippen molar-refractivity contribution in [3.8, 4) is 5.75 Å². The molecular formula is C7H4Br2NO2. The Morgan fingerprint density at radius 2 is 2.08 bits per heavy atom. The van der Waals surface area contributed by atoms with E-state index in [1.807, 2.05) is 0 Å². The van der Waals surface area contributed by atoms with E-state index in [2.05, 4.69) is 37.2 Å². The molecule has 0 unspecified atom stereocenters. The van der Waals surface area contributed by atoms with Gasteiger partial charge in [-0.05, 0) is 28.1 Å². The molecule has 12 heavy (non-hydrogen) atoms. The van der Waals surface area contributed by atoms with Gasteiger partial charge in [0.2, 0.25) is 0 Å². The molecule has 1 radical (unpaired) electrons. The highest BCUT2D eigenvalue weighted by Gasteiger charge is 2.05. The van der Waals surface area contributed by atoms with E-state index in [0.29, 0.717) is 10.2 Å². The first kappa shape index (κ1) is 9.54. The summed E-state index contributed by atoms with van der Waals surface area (Å²) in [6.45, 7) is 0. The second-order valence-corrected chi connectivity index (χ2v) is 3.78. The number of nitrogens with one attached hydrogen (secondary N) is 1. The quantitative estimate of drug-likeness (QED) is 0.650. The van der Waals surface area contributed by atoms with Crippen molar-refractivity contribution in [3.05, 3.63) is 21.1 Å². The van der Waals surface area contributed by atoms with Gasteiger partial charge in [-0.3, -0.25) is 4.79 Å². The van der Waals surface area contributed by atoms with Crippen LogP contribution in [0.3, 0.4) is 0 Å². The summed E-state index contributed by atoms with van der Waals surface area (Å²) in [6, 6.07) is 3.25. The Kier molecular flexibility index (Phi) is 3.11. The van der Waals surface area contributed by atoms with Crippen molar-refractivity contribution in [2.75, 3.05) is 5.32 Å².